The van der Waals surface area contributed by atoms with Gasteiger partial charge in [0.1, 0.15) is 12.6 Å². The first-order chi connectivity index (χ1) is 16.4. The lowest BCUT2D eigenvalue weighted by atomic mass is 10.1. The number of nitrogens with one attached hydrogen (secondary N) is 4. The Morgan fingerprint density at radius 1 is 0.941 bits per heavy atom. The molecule has 0 aliphatic heterocycles. The molecular formula is C23H30N4O6S. The van der Waals surface area contributed by atoms with Gasteiger partial charge in [-0.05, 0) is 36.3 Å². The summed E-state index contributed by atoms with van der Waals surface area (Å²) in [5, 5.41) is 21.1. The van der Waals surface area contributed by atoms with E-state index >= 15 is 0 Å². The van der Waals surface area contributed by atoms with Crippen LogP contribution in [0.1, 0.15) is 36.1 Å². The van der Waals surface area contributed by atoms with Crippen molar-refractivity contribution in [1.82, 2.24) is 21.3 Å². The van der Waals surface area contributed by atoms with Crippen LogP contribution < -0.4 is 21.3 Å². The molecule has 2 aromatic rings. The monoisotopic (exact) mass is 490 g/mol. The highest BCUT2D eigenvalue weighted by atomic mass is 32.1. The van der Waals surface area contributed by atoms with Gasteiger partial charge in [0.15, 0.2) is 0 Å². The Labute approximate surface area is 202 Å². The summed E-state index contributed by atoms with van der Waals surface area (Å²) in [5.74, 6) is -1.36. The van der Waals surface area contributed by atoms with Gasteiger partial charge in [-0.15, -0.1) is 11.3 Å². The second kappa shape index (κ2) is 15.3. The third-order valence-corrected chi connectivity index (χ3v) is 5.54. The number of ether oxygens (including phenoxy) is 1. The Balaban J connectivity index is 1.72. The van der Waals surface area contributed by atoms with Gasteiger partial charge < -0.3 is 31.1 Å². The Morgan fingerprint density at radius 3 is 2.44 bits per heavy atom. The Kier molecular flexibility index (Phi) is 12.0. The molecule has 0 spiro atoms. The van der Waals surface area contributed by atoms with Gasteiger partial charge in [0.05, 0.1) is 13.0 Å². The predicted molar refractivity (Wildman–Crippen MR) is 127 cm³/mol. The number of aliphatic carboxylic acids is 1. The van der Waals surface area contributed by atoms with Crippen LogP contribution >= 0.6 is 11.3 Å². The van der Waals surface area contributed by atoms with E-state index in [2.05, 4.69) is 21.3 Å². The molecule has 2 rings (SSSR count). The maximum atomic E-state index is 12.6. The van der Waals surface area contributed by atoms with Gasteiger partial charge in [-0.25, -0.2) is 9.59 Å². The normalized spacial score (nSPS) is 11.2. The second-order valence-electron chi connectivity index (χ2n) is 7.38. The van der Waals surface area contributed by atoms with Gasteiger partial charge in [0, 0.05) is 18.0 Å². The summed E-state index contributed by atoms with van der Waals surface area (Å²) in [4.78, 5) is 48.1. The highest BCUT2D eigenvalue weighted by Gasteiger charge is 2.20. The van der Waals surface area contributed by atoms with Gasteiger partial charge in [0.2, 0.25) is 5.91 Å². The third kappa shape index (κ3) is 11.3. The molecule has 0 bridgehead atoms. The number of carboxylic acids is 1. The lowest BCUT2D eigenvalue weighted by Gasteiger charge is -2.19. The molecule has 1 unspecified atom stereocenters. The van der Waals surface area contributed by atoms with Crippen LogP contribution in [0.25, 0.3) is 0 Å². The largest absolute Gasteiger partial charge is 0.481 e. The van der Waals surface area contributed by atoms with Crippen LogP contribution in [0.5, 0.6) is 0 Å². The Bertz CT molecular complexity index is 907. The summed E-state index contributed by atoms with van der Waals surface area (Å²) in [6.07, 6.45) is 0.756. The van der Waals surface area contributed by atoms with Gasteiger partial charge in [-0.2, -0.15) is 0 Å². The molecule has 11 heteroatoms. The summed E-state index contributed by atoms with van der Waals surface area (Å²) >= 11 is 1.51. The fraction of sp³-hybridized carbons (Fsp3) is 0.391. The van der Waals surface area contributed by atoms with Crippen molar-refractivity contribution in [2.24, 2.45) is 0 Å². The summed E-state index contributed by atoms with van der Waals surface area (Å²) < 4.78 is 5.15. The van der Waals surface area contributed by atoms with E-state index in [0.717, 1.165) is 10.4 Å². The van der Waals surface area contributed by atoms with Crippen molar-refractivity contribution in [3.05, 3.63) is 58.3 Å². The van der Waals surface area contributed by atoms with Gasteiger partial charge >= 0.3 is 18.1 Å². The minimum atomic E-state index is -1.03. The highest BCUT2D eigenvalue weighted by molar-refractivity contribution is 7.09. The zero-order valence-corrected chi connectivity index (χ0v) is 19.6. The highest BCUT2D eigenvalue weighted by Crippen LogP contribution is 2.08. The van der Waals surface area contributed by atoms with Crippen LogP contribution in [0.4, 0.5) is 9.59 Å². The maximum Gasteiger partial charge on any atom is 0.407 e. The number of rotatable bonds is 14. The molecule has 0 radical (unpaired) electrons. The number of carboxylic acid groups (broad SMARTS) is 1. The van der Waals surface area contributed by atoms with E-state index in [1.807, 2.05) is 47.8 Å². The van der Waals surface area contributed by atoms with Crippen molar-refractivity contribution in [3.63, 3.8) is 0 Å². The first kappa shape index (κ1) is 26.7. The van der Waals surface area contributed by atoms with E-state index < -0.39 is 24.1 Å². The molecule has 4 amide bonds. The number of hydrogen-bond donors (Lipinski definition) is 5. The number of urea groups is 1. The molecule has 0 saturated carbocycles. The molecule has 1 aromatic heterocycles. The molecule has 0 saturated heterocycles. The molecule has 1 atom stereocenters. The fourth-order valence-electron chi connectivity index (χ4n) is 2.91. The number of thiophene rings is 1. The molecule has 1 aromatic carbocycles. The standard InChI is InChI=1S/C23H30N4O6S/c28-20(29)11-13-24-22(31)27-19(21(30)26-15-18-9-6-14-34-18)10-4-5-12-25-23(32)33-16-17-7-2-1-3-8-17/h1-3,6-9,14,19H,4-5,10-13,15-16H2,(H,25,32)(H,26,30)(H,28,29)(H2,24,27,31). The van der Waals surface area contributed by atoms with Crippen LogP contribution in [-0.2, 0) is 27.5 Å². The topological polar surface area (TPSA) is 146 Å². The van der Waals surface area contributed by atoms with Crippen molar-refractivity contribution in [3.8, 4) is 0 Å². The summed E-state index contributed by atoms with van der Waals surface area (Å²) in [6.45, 7) is 0.853. The lowest BCUT2D eigenvalue weighted by Crippen LogP contribution is -2.50. The summed E-state index contributed by atoms with van der Waals surface area (Å²) in [6, 6.07) is 11.7. The Morgan fingerprint density at radius 2 is 1.74 bits per heavy atom. The summed E-state index contributed by atoms with van der Waals surface area (Å²) in [5.41, 5.74) is 0.891. The molecular weight excluding hydrogens is 460 g/mol. The second-order valence-corrected chi connectivity index (χ2v) is 8.41. The smallest absolute Gasteiger partial charge is 0.407 e. The van der Waals surface area contributed by atoms with Crippen LogP contribution in [0.15, 0.2) is 47.8 Å². The number of hydrogen-bond acceptors (Lipinski definition) is 6. The molecule has 0 aliphatic rings. The molecule has 0 aliphatic carbocycles. The van der Waals surface area contributed by atoms with Crippen LogP contribution in [0.3, 0.4) is 0 Å². The van der Waals surface area contributed by atoms with Gasteiger partial charge in [-0.1, -0.05) is 36.4 Å². The van der Waals surface area contributed by atoms with Crippen molar-refractivity contribution in [1.29, 1.82) is 0 Å². The van der Waals surface area contributed by atoms with Gasteiger partial charge in [0.25, 0.3) is 0 Å². The summed E-state index contributed by atoms with van der Waals surface area (Å²) in [7, 11) is 0. The van der Waals surface area contributed by atoms with E-state index in [4.69, 9.17) is 9.84 Å². The SMILES string of the molecule is O=C(O)CCNC(=O)NC(CCCCNC(=O)OCc1ccccc1)C(=O)NCc1cccs1. The molecule has 10 nitrogen and oxygen atoms in total. The van der Waals surface area contributed by atoms with Crippen LogP contribution in [0, 0.1) is 0 Å². The maximum absolute atomic E-state index is 12.6. The fourth-order valence-corrected chi connectivity index (χ4v) is 3.55. The quantitative estimate of drug-likeness (QED) is 0.257. The average Bonchev–Trinajstić information content (AvgIpc) is 3.34. The van der Waals surface area contributed by atoms with Crippen molar-refractivity contribution >= 4 is 35.3 Å². The minimum absolute atomic E-state index is 0.0420. The number of carbonyl (C=O) groups excluding carboxylic acids is 3. The molecule has 184 valence electrons. The number of benzene rings is 1. The molecule has 34 heavy (non-hydrogen) atoms. The lowest BCUT2D eigenvalue weighted by molar-refractivity contribution is -0.136. The van der Waals surface area contributed by atoms with E-state index in [9.17, 15) is 19.2 Å². The molecule has 1 heterocycles. The van der Waals surface area contributed by atoms with Crippen molar-refractivity contribution in [2.45, 2.75) is 44.9 Å². The number of carbonyl (C=O) groups is 4. The number of alkyl carbamates (subject to hydrolysis) is 1. The van der Waals surface area contributed by atoms with Crippen molar-refractivity contribution < 1.29 is 29.0 Å². The first-order valence-electron chi connectivity index (χ1n) is 10.9. The number of unbranched alkanes of at least 4 members (excludes halogenated alkanes) is 1. The Hall–Kier alpha value is -3.60. The van der Waals surface area contributed by atoms with Crippen molar-refractivity contribution in [2.75, 3.05) is 13.1 Å². The van der Waals surface area contributed by atoms with Gasteiger partial charge in [-0.3, -0.25) is 9.59 Å². The minimum Gasteiger partial charge on any atom is -0.481 e. The van der Waals surface area contributed by atoms with E-state index in [0.29, 0.717) is 32.4 Å². The van der Waals surface area contributed by atoms with E-state index in [1.54, 1.807) is 0 Å². The van der Waals surface area contributed by atoms with E-state index in [-0.39, 0.29) is 25.5 Å². The predicted octanol–water partition coefficient (Wildman–Crippen LogP) is 2.60. The van der Waals surface area contributed by atoms with Crippen LogP contribution in [-0.4, -0.2) is 48.2 Å². The third-order valence-electron chi connectivity index (χ3n) is 4.66. The number of amides is 4. The van der Waals surface area contributed by atoms with Crippen LogP contribution in [0.2, 0.25) is 0 Å². The average molecular weight is 491 g/mol. The molecule has 0 fully saturated rings. The van der Waals surface area contributed by atoms with E-state index in [1.165, 1.54) is 11.3 Å². The zero-order valence-electron chi connectivity index (χ0n) is 18.7. The molecule has 5 N–H and O–H groups in total. The first-order valence-corrected chi connectivity index (χ1v) is 11.8. The zero-order chi connectivity index (χ0) is 24.6.